The lowest BCUT2D eigenvalue weighted by molar-refractivity contribution is 0.0371. The minimum atomic E-state index is 0.268. The smallest absolute Gasteiger partial charge is 0.0700 e. The molecule has 4 heteroatoms. The van der Waals surface area contributed by atoms with Gasteiger partial charge in [0, 0.05) is 37.4 Å². The number of hydrogen-bond donors (Lipinski definition) is 2. The van der Waals surface area contributed by atoms with Crippen LogP contribution in [0.25, 0.3) is 0 Å². The molecule has 2 saturated heterocycles. The van der Waals surface area contributed by atoms with Crippen LogP contribution in [0.1, 0.15) is 118 Å². The van der Waals surface area contributed by atoms with Crippen LogP contribution in [0.4, 0.5) is 0 Å². The fourth-order valence-corrected chi connectivity index (χ4v) is 7.71. The molecule has 4 aliphatic rings. The van der Waals surface area contributed by atoms with Crippen LogP contribution in [-0.2, 0) is 9.47 Å². The molecule has 5 atom stereocenters. The summed E-state index contributed by atoms with van der Waals surface area (Å²) >= 11 is 0. The Kier molecular flexibility index (Phi) is 9.91. The largest absolute Gasteiger partial charge is 0.379 e. The molecule has 218 valence electrons. The molecule has 2 aromatic rings. The van der Waals surface area contributed by atoms with E-state index in [4.69, 9.17) is 9.47 Å². The number of piperidine rings is 1. The van der Waals surface area contributed by atoms with E-state index in [2.05, 4.69) is 65.2 Å². The summed E-state index contributed by atoms with van der Waals surface area (Å²) in [5, 5.41) is 7.92. The van der Waals surface area contributed by atoms with Crippen molar-refractivity contribution in [2.45, 2.75) is 107 Å². The van der Waals surface area contributed by atoms with Crippen molar-refractivity contribution in [3.05, 3.63) is 71.3 Å². The Balaban J connectivity index is 0.858. The number of ether oxygens (including phenoxy) is 2. The quantitative estimate of drug-likeness (QED) is 0.238. The molecule has 4 nitrogen and oxygen atoms in total. The molecular formula is C36H52N2O2. The first-order chi connectivity index (χ1) is 19.8. The van der Waals surface area contributed by atoms with Gasteiger partial charge in [0.25, 0.3) is 0 Å². The lowest BCUT2D eigenvalue weighted by atomic mass is 9.68. The third-order valence-electron chi connectivity index (χ3n) is 10.8. The van der Waals surface area contributed by atoms with Gasteiger partial charge in [-0.05, 0) is 92.2 Å². The number of unbranched alkanes of at least 4 members (excludes halogenated alkanes) is 1. The van der Waals surface area contributed by atoms with Gasteiger partial charge in [-0.2, -0.15) is 0 Å². The zero-order valence-corrected chi connectivity index (χ0v) is 24.6. The average molecular weight is 545 g/mol. The Labute approximate surface area is 243 Å². The van der Waals surface area contributed by atoms with Gasteiger partial charge in [-0.15, -0.1) is 0 Å². The first-order valence-electron chi connectivity index (χ1n) is 16.6. The van der Waals surface area contributed by atoms with Crippen molar-refractivity contribution in [3.63, 3.8) is 0 Å². The summed E-state index contributed by atoms with van der Waals surface area (Å²) in [7, 11) is 0. The summed E-state index contributed by atoms with van der Waals surface area (Å²) in [6, 6.07) is 21.7. The predicted molar refractivity (Wildman–Crippen MR) is 164 cm³/mol. The van der Waals surface area contributed by atoms with Gasteiger partial charge in [0.1, 0.15) is 0 Å². The Morgan fingerprint density at radius 2 is 1.38 bits per heavy atom. The fourth-order valence-electron chi connectivity index (χ4n) is 7.71. The topological polar surface area (TPSA) is 42.5 Å². The average Bonchev–Trinajstić information content (AvgIpc) is 3.37. The van der Waals surface area contributed by atoms with Crippen LogP contribution in [0.15, 0.2) is 54.6 Å². The fraction of sp³-hybridized carbons (Fsp3) is 0.667. The lowest BCUT2D eigenvalue weighted by Crippen LogP contribution is -2.53. The van der Waals surface area contributed by atoms with Crippen LogP contribution >= 0.6 is 0 Å². The van der Waals surface area contributed by atoms with Crippen LogP contribution in [0.2, 0.25) is 0 Å². The summed E-state index contributed by atoms with van der Waals surface area (Å²) in [5.74, 6) is 2.57. The number of hydrogen-bond acceptors (Lipinski definition) is 4. The van der Waals surface area contributed by atoms with Gasteiger partial charge >= 0.3 is 0 Å². The van der Waals surface area contributed by atoms with E-state index in [-0.39, 0.29) is 5.54 Å². The van der Waals surface area contributed by atoms with Crippen molar-refractivity contribution in [2.75, 3.05) is 33.0 Å². The van der Waals surface area contributed by atoms with Gasteiger partial charge in [0.05, 0.1) is 13.2 Å². The maximum Gasteiger partial charge on any atom is 0.0700 e. The van der Waals surface area contributed by atoms with Gasteiger partial charge in [-0.1, -0.05) is 80.3 Å². The maximum atomic E-state index is 5.82. The van der Waals surface area contributed by atoms with Crippen molar-refractivity contribution in [1.29, 1.82) is 0 Å². The van der Waals surface area contributed by atoms with Crippen LogP contribution in [0.5, 0.6) is 0 Å². The highest BCUT2D eigenvalue weighted by Crippen LogP contribution is 2.46. The SMILES string of the molecule is c1ccc(C2CCC3(CCC(c4ccc(C5CCC5CCCCOCCOCCC5CCC5)cc4)NC3)N2)cc1. The lowest BCUT2D eigenvalue weighted by Gasteiger charge is -2.40. The molecule has 0 radical (unpaired) electrons. The van der Waals surface area contributed by atoms with E-state index < -0.39 is 0 Å². The zero-order valence-electron chi connectivity index (χ0n) is 24.6. The molecule has 1 spiro atoms. The van der Waals surface area contributed by atoms with E-state index in [9.17, 15) is 0 Å². The molecule has 5 unspecified atom stereocenters. The molecule has 4 fully saturated rings. The van der Waals surface area contributed by atoms with E-state index in [0.717, 1.165) is 50.7 Å². The first kappa shape index (κ1) is 28.4. The van der Waals surface area contributed by atoms with Gasteiger partial charge < -0.3 is 20.1 Å². The van der Waals surface area contributed by atoms with E-state index in [1.165, 1.54) is 94.6 Å². The molecule has 0 amide bonds. The number of benzene rings is 2. The Hall–Kier alpha value is -1.72. The van der Waals surface area contributed by atoms with Crippen molar-refractivity contribution in [2.24, 2.45) is 11.8 Å². The summed E-state index contributed by atoms with van der Waals surface area (Å²) < 4.78 is 11.5. The zero-order chi connectivity index (χ0) is 27.0. The molecule has 2 saturated carbocycles. The normalized spacial score (nSPS) is 30.3. The van der Waals surface area contributed by atoms with Crippen molar-refractivity contribution in [3.8, 4) is 0 Å². The van der Waals surface area contributed by atoms with Crippen LogP contribution < -0.4 is 10.6 Å². The molecule has 40 heavy (non-hydrogen) atoms. The number of nitrogens with one attached hydrogen (secondary N) is 2. The van der Waals surface area contributed by atoms with E-state index in [1.54, 1.807) is 5.56 Å². The summed E-state index contributed by atoms with van der Waals surface area (Å²) in [6.07, 6.45) is 17.1. The summed E-state index contributed by atoms with van der Waals surface area (Å²) in [5.41, 5.74) is 4.74. The number of rotatable bonds is 14. The molecule has 0 bridgehead atoms. The molecule has 2 aromatic carbocycles. The minimum absolute atomic E-state index is 0.268. The van der Waals surface area contributed by atoms with Gasteiger partial charge in [0.15, 0.2) is 0 Å². The van der Waals surface area contributed by atoms with E-state index >= 15 is 0 Å². The molecule has 0 aromatic heterocycles. The third-order valence-corrected chi connectivity index (χ3v) is 10.8. The highest BCUT2D eigenvalue weighted by Gasteiger charge is 2.41. The second-order valence-electron chi connectivity index (χ2n) is 13.3. The third kappa shape index (κ3) is 7.18. The Bertz CT molecular complexity index is 1010. The van der Waals surface area contributed by atoms with Gasteiger partial charge in [-0.3, -0.25) is 0 Å². The minimum Gasteiger partial charge on any atom is -0.379 e. The van der Waals surface area contributed by atoms with Crippen LogP contribution in [-0.4, -0.2) is 38.5 Å². The van der Waals surface area contributed by atoms with Gasteiger partial charge in [-0.25, -0.2) is 0 Å². The molecule has 2 N–H and O–H groups in total. The Morgan fingerprint density at radius 3 is 2.05 bits per heavy atom. The summed E-state index contributed by atoms with van der Waals surface area (Å²) in [6.45, 7) is 4.39. The van der Waals surface area contributed by atoms with Crippen molar-refractivity contribution >= 4 is 0 Å². The highest BCUT2D eigenvalue weighted by molar-refractivity contribution is 5.30. The summed E-state index contributed by atoms with van der Waals surface area (Å²) in [4.78, 5) is 0. The molecule has 2 aliphatic heterocycles. The van der Waals surface area contributed by atoms with E-state index in [1.807, 2.05) is 0 Å². The molecule has 6 rings (SSSR count). The highest BCUT2D eigenvalue weighted by atomic mass is 16.5. The van der Waals surface area contributed by atoms with Crippen molar-refractivity contribution < 1.29 is 9.47 Å². The second-order valence-corrected chi connectivity index (χ2v) is 13.3. The van der Waals surface area contributed by atoms with Crippen LogP contribution in [0.3, 0.4) is 0 Å². The standard InChI is InChI=1S/C36H52N2O2/c1-2-10-31(11-3-1)35-19-22-36(38-35)21-18-34(37-27-36)32-14-12-30(13-15-32)33-17-16-29(33)9-4-5-23-39-25-26-40-24-20-28-7-6-8-28/h1-3,10-15,28-29,33-35,37-38H,4-9,16-27H2. The Morgan fingerprint density at radius 1 is 0.650 bits per heavy atom. The van der Waals surface area contributed by atoms with E-state index in [0.29, 0.717) is 12.1 Å². The van der Waals surface area contributed by atoms with Gasteiger partial charge in [0.2, 0.25) is 0 Å². The maximum absolute atomic E-state index is 5.82. The molecule has 2 heterocycles. The predicted octanol–water partition coefficient (Wildman–Crippen LogP) is 7.86. The monoisotopic (exact) mass is 544 g/mol. The second kappa shape index (κ2) is 14.0. The van der Waals surface area contributed by atoms with Crippen molar-refractivity contribution in [1.82, 2.24) is 10.6 Å². The molecule has 2 aliphatic carbocycles. The molecular weight excluding hydrogens is 492 g/mol. The first-order valence-corrected chi connectivity index (χ1v) is 16.6. The van der Waals surface area contributed by atoms with Crippen LogP contribution in [0, 0.1) is 11.8 Å².